The zero-order valence-corrected chi connectivity index (χ0v) is 15.3. The highest BCUT2D eigenvalue weighted by Crippen LogP contribution is 2.29. The minimum absolute atomic E-state index is 0.208. The number of ether oxygens (including phenoxy) is 1. The number of thiazole rings is 1. The Balaban J connectivity index is 1.77. The first-order chi connectivity index (χ1) is 11.7. The fourth-order valence-corrected chi connectivity index (χ4v) is 3.88. The number of nitrogens with two attached hydrogens (primary N) is 1. The Hall–Kier alpha value is -1.91. The van der Waals surface area contributed by atoms with Crippen LogP contribution in [0.3, 0.4) is 0 Å². The van der Waals surface area contributed by atoms with Crippen molar-refractivity contribution in [1.82, 2.24) is 4.98 Å². The number of carbonyl (C=O) groups excluding carboxylic acids is 1. The molecule has 7 nitrogen and oxygen atoms in total. The molecular weight excluding hydrogens is 409 g/mol. The Labute approximate surface area is 156 Å². The van der Waals surface area contributed by atoms with E-state index in [4.69, 9.17) is 33.1 Å². The van der Waals surface area contributed by atoms with E-state index in [0.717, 1.165) is 11.3 Å². The first kappa shape index (κ1) is 17.9. The SMILES string of the molecule is NS(=O)(=O)c1nc2ccc(OC(=O)Nc3ccc(Cl)c(Cl)c3)cc2s1. The summed E-state index contributed by atoms with van der Waals surface area (Å²) < 4.78 is 28.1. The van der Waals surface area contributed by atoms with Gasteiger partial charge in [0, 0.05) is 11.8 Å². The summed E-state index contributed by atoms with van der Waals surface area (Å²) in [6.07, 6.45) is -0.742. The molecule has 0 bridgehead atoms. The number of nitrogens with zero attached hydrogens (tertiary/aromatic N) is 1. The summed E-state index contributed by atoms with van der Waals surface area (Å²) in [6.45, 7) is 0. The van der Waals surface area contributed by atoms with Gasteiger partial charge in [0.15, 0.2) is 0 Å². The van der Waals surface area contributed by atoms with Crippen molar-refractivity contribution in [2.75, 3.05) is 5.32 Å². The monoisotopic (exact) mass is 417 g/mol. The highest BCUT2D eigenvalue weighted by Gasteiger charge is 2.15. The quantitative estimate of drug-likeness (QED) is 0.671. The molecule has 130 valence electrons. The molecule has 1 amide bonds. The second-order valence-corrected chi connectivity index (χ2v) is 8.38. The lowest BCUT2D eigenvalue weighted by molar-refractivity contribution is 0.215. The molecule has 0 aliphatic heterocycles. The van der Waals surface area contributed by atoms with Gasteiger partial charge in [-0.25, -0.2) is 23.3 Å². The van der Waals surface area contributed by atoms with E-state index < -0.39 is 16.1 Å². The number of sulfonamides is 1. The summed E-state index contributed by atoms with van der Waals surface area (Å²) in [7, 11) is -3.88. The molecule has 0 saturated carbocycles. The van der Waals surface area contributed by atoms with E-state index in [0.29, 0.717) is 25.9 Å². The third kappa shape index (κ3) is 4.20. The first-order valence-electron chi connectivity index (χ1n) is 6.60. The van der Waals surface area contributed by atoms with Crippen LogP contribution < -0.4 is 15.2 Å². The number of hydrogen-bond acceptors (Lipinski definition) is 6. The molecule has 0 fully saturated rings. The first-order valence-corrected chi connectivity index (χ1v) is 9.71. The van der Waals surface area contributed by atoms with Gasteiger partial charge in [0.2, 0.25) is 4.34 Å². The van der Waals surface area contributed by atoms with E-state index >= 15 is 0 Å². The second-order valence-electron chi connectivity index (χ2n) is 4.80. The molecule has 1 aromatic heterocycles. The van der Waals surface area contributed by atoms with Crippen LogP contribution in [0.25, 0.3) is 10.2 Å². The number of anilines is 1. The smallest absolute Gasteiger partial charge is 0.410 e. The topological polar surface area (TPSA) is 111 Å². The van der Waals surface area contributed by atoms with Crippen LogP contribution in [0.5, 0.6) is 5.75 Å². The fraction of sp³-hybridized carbons (Fsp3) is 0. The molecule has 2 aromatic carbocycles. The van der Waals surface area contributed by atoms with E-state index in [1.54, 1.807) is 6.07 Å². The van der Waals surface area contributed by atoms with Crippen molar-refractivity contribution in [3.05, 3.63) is 46.4 Å². The molecule has 0 aliphatic carbocycles. The average molecular weight is 418 g/mol. The predicted molar refractivity (Wildman–Crippen MR) is 97.1 cm³/mol. The Morgan fingerprint density at radius 2 is 1.92 bits per heavy atom. The summed E-state index contributed by atoms with van der Waals surface area (Å²) in [5, 5.41) is 8.21. The maximum Gasteiger partial charge on any atom is 0.417 e. The Kier molecular flexibility index (Phi) is 4.85. The lowest BCUT2D eigenvalue weighted by atomic mass is 10.3. The lowest BCUT2D eigenvalue weighted by Crippen LogP contribution is -2.16. The lowest BCUT2D eigenvalue weighted by Gasteiger charge is -2.07. The number of halogens is 2. The van der Waals surface area contributed by atoms with Crippen molar-refractivity contribution in [2.24, 2.45) is 5.14 Å². The van der Waals surface area contributed by atoms with Crippen LogP contribution in [-0.4, -0.2) is 19.5 Å². The van der Waals surface area contributed by atoms with Crippen LogP contribution in [0.2, 0.25) is 10.0 Å². The van der Waals surface area contributed by atoms with Gasteiger partial charge in [0.1, 0.15) is 5.75 Å². The average Bonchev–Trinajstić information content (AvgIpc) is 2.94. The third-order valence-corrected chi connectivity index (χ3v) is 6.04. The van der Waals surface area contributed by atoms with E-state index in [1.165, 1.54) is 30.3 Å². The molecule has 11 heteroatoms. The molecule has 1 heterocycles. The van der Waals surface area contributed by atoms with Gasteiger partial charge in [-0.3, -0.25) is 5.32 Å². The van der Waals surface area contributed by atoms with Gasteiger partial charge in [-0.1, -0.05) is 23.2 Å². The van der Waals surface area contributed by atoms with Gasteiger partial charge in [0.25, 0.3) is 10.0 Å². The standard InChI is InChI=1S/C14H9Cl2N3O4S2/c15-9-3-1-7(5-10(9)16)18-13(20)23-8-2-4-11-12(6-8)24-14(19-11)25(17,21)22/h1-6H,(H,18,20)(H2,17,21,22). The van der Waals surface area contributed by atoms with Gasteiger partial charge >= 0.3 is 6.09 Å². The number of aromatic nitrogens is 1. The van der Waals surface area contributed by atoms with Crippen LogP contribution in [0, 0.1) is 0 Å². The summed E-state index contributed by atoms with van der Waals surface area (Å²) in [6, 6.07) is 9.11. The molecular formula is C14H9Cl2N3O4S2. The Morgan fingerprint density at radius 1 is 1.16 bits per heavy atom. The Bertz CT molecular complexity index is 1080. The summed E-state index contributed by atoms with van der Waals surface area (Å²) in [5.41, 5.74) is 0.848. The maximum absolute atomic E-state index is 11.9. The molecule has 3 aromatic rings. The summed E-state index contributed by atoms with van der Waals surface area (Å²) in [5.74, 6) is 0.217. The zero-order valence-electron chi connectivity index (χ0n) is 12.2. The number of amides is 1. The van der Waals surface area contributed by atoms with Crippen LogP contribution in [0.4, 0.5) is 10.5 Å². The normalized spacial score (nSPS) is 11.5. The number of benzene rings is 2. The number of carbonyl (C=O) groups is 1. The van der Waals surface area contributed by atoms with Crippen molar-refractivity contribution in [3.8, 4) is 5.75 Å². The van der Waals surface area contributed by atoms with Crippen molar-refractivity contribution in [2.45, 2.75) is 4.34 Å². The van der Waals surface area contributed by atoms with Crippen molar-refractivity contribution in [3.63, 3.8) is 0 Å². The van der Waals surface area contributed by atoms with Gasteiger partial charge in [-0.2, -0.15) is 0 Å². The molecule has 0 spiro atoms. The van der Waals surface area contributed by atoms with E-state index in [2.05, 4.69) is 10.3 Å². The van der Waals surface area contributed by atoms with Crippen LogP contribution >= 0.6 is 34.5 Å². The highest BCUT2D eigenvalue weighted by atomic mass is 35.5. The summed E-state index contributed by atoms with van der Waals surface area (Å²) >= 11 is 12.6. The molecule has 3 N–H and O–H groups in total. The predicted octanol–water partition coefficient (Wildman–Crippen LogP) is 3.86. The highest BCUT2D eigenvalue weighted by molar-refractivity contribution is 7.91. The van der Waals surface area contributed by atoms with Crippen LogP contribution in [-0.2, 0) is 10.0 Å². The minimum atomic E-state index is -3.88. The van der Waals surface area contributed by atoms with Crippen LogP contribution in [0.1, 0.15) is 0 Å². The number of rotatable bonds is 3. The maximum atomic E-state index is 11.9. The van der Waals surface area contributed by atoms with Crippen molar-refractivity contribution >= 4 is 66.6 Å². The fourth-order valence-electron chi connectivity index (χ4n) is 1.89. The number of primary sulfonamides is 1. The molecule has 25 heavy (non-hydrogen) atoms. The number of nitrogens with one attached hydrogen (secondary N) is 1. The van der Waals surface area contributed by atoms with E-state index in [9.17, 15) is 13.2 Å². The van der Waals surface area contributed by atoms with Gasteiger partial charge in [-0.15, -0.1) is 11.3 Å². The van der Waals surface area contributed by atoms with E-state index in [-0.39, 0.29) is 10.1 Å². The third-order valence-electron chi connectivity index (χ3n) is 2.96. The number of hydrogen-bond donors (Lipinski definition) is 2. The van der Waals surface area contributed by atoms with Gasteiger partial charge < -0.3 is 4.74 Å². The second kappa shape index (κ2) is 6.77. The zero-order chi connectivity index (χ0) is 18.2. The van der Waals surface area contributed by atoms with Crippen LogP contribution in [0.15, 0.2) is 40.7 Å². The molecule has 0 atom stereocenters. The van der Waals surface area contributed by atoms with Gasteiger partial charge in [-0.05, 0) is 30.3 Å². The Morgan fingerprint density at radius 3 is 2.60 bits per heavy atom. The summed E-state index contributed by atoms with van der Waals surface area (Å²) in [4.78, 5) is 15.9. The molecule has 0 aliphatic rings. The molecule has 3 rings (SSSR count). The van der Waals surface area contributed by atoms with Crippen molar-refractivity contribution in [1.29, 1.82) is 0 Å². The van der Waals surface area contributed by atoms with Crippen molar-refractivity contribution < 1.29 is 17.9 Å². The molecule has 0 unspecified atom stereocenters. The largest absolute Gasteiger partial charge is 0.417 e. The molecule has 0 saturated heterocycles. The number of fused-ring (bicyclic) bond motifs is 1. The molecule has 0 radical (unpaired) electrons. The van der Waals surface area contributed by atoms with E-state index in [1.807, 2.05) is 0 Å². The van der Waals surface area contributed by atoms with Gasteiger partial charge in [0.05, 0.1) is 20.3 Å². The minimum Gasteiger partial charge on any atom is -0.410 e.